The third-order valence-corrected chi connectivity index (χ3v) is 1.82. The summed E-state index contributed by atoms with van der Waals surface area (Å²) in [4.78, 5) is 1.41. The SMILES string of the molecule is Cc1cccc2cnn(N)c12. The number of benzene rings is 1. The van der Waals surface area contributed by atoms with Gasteiger partial charge in [0.15, 0.2) is 0 Å². The van der Waals surface area contributed by atoms with E-state index >= 15 is 0 Å². The number of aryl methyl sites for hydroxylation is 1. The molecule has 0 unspecified atom stereocenters. The highest BCUT2D eigenvalue weighted by atomic mass is 15.5. The third kappa shape index (κ3) is 0.774. The van der Waals surface area contributed by atoms with E-state index in [1.165, 1.54) is 4.79 Å². The summed E-state index contributed by atoms with van der Waals surface area (Å²) in [6, 6.07) is 6.02. The Kier molecular flexibility index (Phi) is 1.12. The highest BCUT2D eigenvalue weighted by molar-refractivity contribution is 5.81. The van der Waals surface area contributed by atoms with Gasteiger partial charge < -0.3 is 5.84 Å². The van der Waals surface area contributed by atoms with E-state index in [9.17, 15) is 0 Å². The molecule has 1 heterocycles. The van der Waals surface area contributed by atoms with Crippen LogP contribution in [0.4, 0.5) is 0 Å². The maximum absolute atomic E-state index is 5.58. The molecule has 0 bridgehead atoms. The van der Waals surface area contributed by atoms with Gasteiger partial charge in [-0.25, -0.2) is 0 Å². The van der Waals surface area contributed by atoms with Crippen LogP contribution in [0.3, 0.4) is 0 Å². The number of fused-ring (bicyclic) bond motifs is 1. The third-order valence-electron chi connectivity index (χ3n) is 1.82. The summed E-state index contributed by atoms with van der Waals surface area (Å²) in [6.07, 6.45) is 1.77. The number of nitrogens with two attached hydrogens (primary N) is 1. The first kappa shape index (κ1) is 6.22. The summed E-state index contributed by atoms with van der Waals surface area (Å²) in [5.74, 6) is 5.58. The summed E-state index contributed by atoms with van der Waals surface area (Å²) in [7, 11) is 0. The molecule has 2 rings (SSSR count). The van der Waals surface area contributed by atoms with Crippen LogP contribution in [0.5, 0.6) is 0 Å². The van der Waals surface area contributed by atoms with Gasteiger partial charge in [-0.3, -0.25) is 0 Å². The van der Waals surface area contributed by atoms with Crippen LogP contribution in [0, 0.1) is 6.92 Å². The number of nitrogens with zero attached hydrogens (tertiary/aromatic N) is 2. The van der Waals surface area contributed by atoms with Crippen LogP contribution in [0.15, 0.2) is 24.4 Å². The van der Waals surface area contributed by atoms with Gasteiger partial charge in [-0.2, -0.15) is 9.89 Å². The Balaban J connectivity index is 2.96. The first-order valence-corrected chi connectivity index (χ1v) is 3.47. The van der Waals surface area contributed by atoms with Crippen LogP contribution in [0.1, 0.15) is 5.56 Å². The van der Waals surface area contributed by atoms with Crippen molar-refractivity contribution in [2.75, 3.05) is 5.84 Å². The van der Waals surface area contributed by atoms with Crippen LogP contribution in [0.25, 0.3) is 10.9 Å². The van der Waals surface area contributed by atoms with Crippen molar-refractivity contribution in [1.29, 1.82) is 0 Å². The lowest BCUT2D eigenvalue weighted by molar-refractivity contribution is 0.860. The van der Waals surface area contributed by atoms with Crippen LogP contribution >= 0.6 is 0 Å². The first-order valence-electron chi connectivity index (χ1n) is 3.47. The fraction of sp³-hybridized carbons (Fsp3) is 0.125. The minimum Gasteiger partial charge on any atom is -0.323 e. The quantitative estimate of drug-likeness (QED) is 0.566. The topological polar surface area (TPSA) is 43.8 Å². The highest BCUT2D eigenvalue weighted by Crippen LogP contribution is 2.14. The Bertz CT molecular complexity index is 389. The molecule has 0 aliphatic carbocycles. The number of aromatic nitrogens is 2. The molecule has 0 spiro atoms. The van der Waals surface area contributed by atoms with Crippen LogP contribution < -0.4 is 5.84 Å². The highest BCUT2D eigenvalue weighted by Gasteiger charge is 2.00. The molecule has 56 valence electrons. The summed E-state index contributed by atoms with van der Waals surface area (Å²) in [5, 5.41) is 5.04. The van der Waals surface area contributed by atoms with E-state index in [1.54, 1.807) is 6.20 Å². The standard InChI is InChI=1S/C8H9N3/c1-6-3-2-4-7-5-10-11(9)8(6)7/h2-5H,9H2,1H3. The van der Waals surface area contributed by atoms with E-state index in [0.29, 0.717) is 0 Å². The Morgan fingerprint density at radius 3 is 3.00 bits per heavy atom. The zero-order valence-corrected chi connectivity index (χ0v) is 6.28. The van der Waals surface area contributed by atoms with Gasteiger partial charge >= 0.3 is 0 Å². The number of para-hydroxylation sites is 1. The van der Waals surface area contributed by atoms with Crippen LogP contribution in [-0.2, 0) is 0 Å². The lowest BCUT2D eigenvalue weighted by Crippen LogP contribution is -2.09. The monoisotopic (exact) mass is 147 g/mol. The van der Waals surface area contributed by atoms with Crippen molar-refractivity contribution in [2.24, 2.45) is 0 Å². The molecule has 2 aromatic rings. The predicted octanol–water partition coefficient (Wildman–Crippen LogP) is 1.06. The van der Waals surface area contributed by atoms with Gasteiger partial charge in [-0.05, 0) is 12.5 Å². The van der Waals surface area contributed by atoms with Gasteiger partial charge in [-0.15, -0.1) is 0 Å². The Hall–Kier alpha value is -1.51. The van der Waals surface area contributed by atoms with Gasteiger partial charge in [0.05, 0.1) is 11.7 Å². The zero-order chi connectivity index (χ0) is 7.84. The number of nitrogen functional groups attached to an aromatic ring is 1. The second-order valence-electron chi connectivity index (χ2n) is 2.60. The maximum Gasteiger partial charge on any atom is 0.0945 e. The zero-order valence-electron chi connectivity index (χ0n) is 6.28. The molecule has 0 atom stereocenters. The molecule has 0 amide bonds. The van der Waals surface area contributed by atoms with Crippen molar-refractivity contribution in [3.63, 3.8) is 0 Å². The molecule has 0 aliphatic heterocycles. The molecule has 2 N–H and O–H groups in total. The van der Waals surface area contributed by atoms with Crippen molar-refractivity contribution in [3.8, 4) is 0 Å². The van der Waals surface area contributed by atoms with Crippen molar-refractivity contribution in [3.05, 3.63) is 30.0 Å². The Morgan fingerprint density at radius 1 is 1.45 bits per heavy atom. The largest absolute Gasteiger partial charge is 0.323 e. The predicted molar refractivity (Wildman–Crippen MR) is 44.6 cm³/mol. The second-order valence-corrected chi connectivity index (χ2v) is 2.60. The van der Waals surface area contributed by atoms with Gasteiger partial charge in [0.25, 0.3) is 0 Å². The van der Waals surface area contributed by atoms with Gasteiger partial charge in [0.2, 0.25) is 0 Å². The van der Waals surface area contributed by atoms with E-state index in [-0.39, 0.29) is 0 Å². The Labute approximate surface area is 64.4 Å². The molecule has 0 fully saturated rings. The average Bonchev–Trinajstić information content (AvgIpc) is 2.34. The van der Waals surface area contributed by atoms with Gasteiger partial charge in [0, 0.05) is 5.39 Å². The average molecular weight is 147 g/mol. The van der Waals surface area contributed by atoms with Gasteiger partial charge in [-0.1, -0.05) is 18.2 Å². The van der Waals surface area contributed by atoms with E-state index in [1.807, 2.05) is 25.1 Å². The minimum absolute atomic E-state index is 1.01. The van der Waals surface area contributed by atoms with E-state index < -0.39 is 0 Å². The molecule has 3 heteroatoms. The van der Waals surface area contributed by atoms with E-state index in [0.717, 1.165) is 16.5 Å². The van der Waals surface area contributed by atoms with E-state index in [2.05, 4.69) is 5.10 Å². The number of rotatable bonds is 0. The summed E-state index contributed by atoms with van der Waals surface area (Å²) in [5.41, 5.74) is 2.16. The number of hydrogen-bond donors (Lipinski definition) is 1. The lowest BCUT2D eigenvalue weighted by atomic mass is 10.2. The normalized spacial score (nSPS) is 10.6. The summed E-state index contributed by atoms with van der Waals surface area (Å²) < 4.78 is 0. The molecule has 11 heavy (non-hydrogen) atoms. The van der Waals surface area contributed by atoms with Crippen molar-refractivity contribution >= 4 is 10.9 Å². The van der Waals surface area contributed by atoms with Crippen molar-refractivity contribution in [2.45, 2.75) is 6.92 Å². The molecule has 0 aliphatic rings. The lowest BCUT2D eigenvalue weighted by Gasteiger charge is -1.96. The fourth-order valence-electron chi connectivity index (χ4n) is 1.28. The summed E-state index contributed by atoms with van der Waals surface area (Å²) >= 11 is 0. The molecule has 1 aromatic carbocycles. The Morgan fingerprint density at radius 2 is 2.27 bits per heavy atom. The second kappa shape index (κ2) is 1.99. The first-order chi connectivity index (χ1) is 5.29. The molecular weight excluding hydrogens is 138 g/mol. The smallest absolute Gasteiger partial charge is 0.0945 e. The van der Waals surface area contributed by atoms with Gasteiger partial charge in [0.1, 0.15) is 0 Å². The number of hydrogen-bond acceptors (Lipinski definition) is 2. The summed E-state index contributed by atoms with van der Waals surface area (Å²) in [6.45, 7) is 2.02. The van der Waals surface area contributed by atoms with Crippen molar-refractivity contribution in [1.82, 2.24) is 9.89 Å². The van der Waals surface area contributed by atoms with Crippen molar-refractivity contribution < 1.29 is 0 Å². The maximum atomic E-state index is 5.58. The molecule has 0 saturated heterocycles. The minimum atomic E-state index is 1.01. The molecular formula is C8H9N3. The molecule has 3 nitrogen and oxygen atoms in total. The molecule has 1 aromatic heterocycles. The van der Waals surface area contributed by atoms with Crippen LogP contribution in [0.2, 0.25) is 0 Å². The molecule has 0 saturated carbocycles. The molecule has 0 radical (unpaired) electrons. The fourth-order valence-corrected chi connectivity index (χ4v) is 1.28. The van der Waals surface area contributed by atoms with Crippen LogP contribution in [-0.4, -0.2) is 9.89 Å². The van der Waals surface area contributed by atoms with E-state index in [4.69, 9.17) is 5.84 Å².